The van der Waals surface area contributed by atoms with Crippen molar-refractivity contribution in [1.82, 2.24) is 10.2 Å². The fourth-order valence-corrected chi connectivity index (χ4v) is 2.14. The maximum absolute atomic E-state index is 11.9. The molecule has 1 fully saturated rings. The molecular weight excluding hydrogens is 216 g/mol. The predicted octanol–water partition coefficient (Wildman–Crippen LogP) is 1.75. The highest BCUT2D eigenvalue weighted by molar-refractivity contribution is 5.83. The third kappa shape index (κ3) is 4.28. The third-order valence-electron chi connectivity index (χ3n) is 3.19. The lowest BCUT2D eigenvalue weighted by molar-refractivity contribution is -0.130. The Balaban J connectivity index is 2.18. The smallest absolute Gasteiger partial charge is 0.240 e. The van der Waals surface area contributed by atoms with E-state index in [0.717, 1.165) is 39.0 Å². The van der Waals surface area contributed by atoms with Gasteiger partial charge in [-0.25, -0.2) is 0 Å². The molecule has 1 aliphatic rings. The predicted molar refractivity (Wildman–Crippen MR) is 68.7 cm³/mol. The van der Waals surface area contributed by atoms with Crippen molar-refractivity contribution < 1.29 is 9.53 Å². The van der Waals surface area contributed by atoms with Crippen molar-refractivity contribution in [3.05, 3.63) is 0 Å². The Labute approximate surface area is 105 Å². The van der Waals surface area contributed by atoms with Crippen LogP contribution >= 0.6 is 0 Å². The summed E-state index contributed by atoms with van der Waals surface area (Å²) < 4.78 is 5.51. The Morgan fingerprint density at radius 2 is 2.00 bits per heavy atom. The molecule has 0 aromatic carbocycles. The molecular formula is C13H26N2O2. The van der Waals surface area contributed by atoms with E-state index in [0.29, 0.717) is 0 Å². The summed E-state index contributed by atoms with van der Waals surface area (Å²) >= 11 is 0. The van der Waals surface area contributed by atoms with Crippen LogP contribution in [0.3, 0.4) is 0 Å². The first kappa shape index (κ1) is 14.5. The van der Waals surface area contributed by atoms with Crippen LogP contribution in [0.4, 0.5) is 0 Å². The zero-order valence-electron chi connectivity index (χ0n) is 11.4. The van der Waals surface area contributed by atoms with Crippen LogP contribution in [0.1, 0.15) is 46.5 Å². The van der Waals surface area contributed by atoms with E-state index in [1.807, 2.05) is 11.8 Å². The number of amides is 1. The highest BCUT2D eigenvalue weighted by atomic mass is 16.5. The van der Waals surface area contributed by atoms with Gasteiger partial charge in [0.25, 0.3) is 0 Å². The van der Waals surface area contributed by atoms with Gasteiger partial charge in [-0.2, -0.15) is 0 Å². The fourth-order valence-electron chi connectivity index (χ4n) is 2.14. The molecule has 0 aliphatic carbocycles. The Morgan fingerprint density at radius 3 is 2.65 bits per heavy atom. The molecule has 0 bridgehead atoms. The van der Waals surface area contributed by atoms with Crippen molar-refractivity contribution in [3.8, 4) is 0 Å². The second-order valence-electron chi connectivity index (χ2n) is 4.66. The summed E-state index contributed by atoms with van der Waals surface area (Å²) in [5, 5.41) is 3.30. The maximum atomic E-state index is 11.9. The van der Waals surface area contributed by atoms with E-state index in [1.165, 1.54) is 6.42 Å². The van der Waals surface area contributed by atoms with Gasteiger partial charge in [0.05, 0.1) is 12.2 Å². The molecule has 0 saturated carbocycles. The summed E-state index contributed by atoms with van der Waals surface area (Å²) in [5.41, 5.74) is 0. The van der Waals surface area contributed by atoms with Gasteiger partial charge in [-0.1, -0.05) is 20.3 Å². The summed E-state index contributed by atoms with van der Waals surface area (Å²) in [6.45, 7) is 8.60. The number of nitrogens with one attached hydrogen (secondary N) is 1. The van der Waals surface area contributed by atoms with Gasteiger partial charge in [0.2, 0.25) is 5.91 Å². The van der Waals surface area contributed by atoms with Crippen molar-refractivity contribution >= 4 is 5.91 Å². The molecule has 2 atom stereocenters. The minimum atomic E-state index is -0.0269. The largest absolute Gasteiger partial charge is 0.381 e. The van der Waals surface area contributed by atoms with E-state index >= 15 is 0 Å². The molecule has 0 aromatic rings. The molecule has 17 heavy (non-hydrogen) atoms. The molecule has 4 heteroatoms. The number of carbonyl (C=O) groups excluding carboxylic acids is 1. The molecule has 100 valence electrons. The average Bonchev–Trinajstić information content (AvgIpc) is 2.60. The standard InChI is InChI=1S/C13H26N2O2/c1-4-6-9-17-10-7-8-15-12(5-2)14-11(3)13(15)16/h11-12,14H,4-10H2,1-3H3. The van der Waals surface area contributed by atoms with E-state index in [2.05, 4.69) is 19.2 Å². The Morgan fingerprint density at radius 1 is 1.29 bits per heavy atom. The fraction of sp³-hybridized carbons (Fsp3) is 0.923. The van der Waals surface area contributed by atoms with Crippen LogP contribution < -0.4 is 5.32 Å². The lowest BCUT2D eigenvalue weighted by atomic mass is 10.3. The molecule has 1 aliphatic heterocycles. The first-order valence-electron chi connectivity index (χ1n) is 6.85. The quantitative estimate of drug-likeness (QED) is 0.659. The molecule has 0 radical (unpaired) electrons. The zero-order valence-corrected chi connectivity index (χ0v) is 11.4. The summed E-state index contributed by atoms with van der Waals surface area (Å²) in [4.78, 5) is 13.8. The van der Waals surface area contributed by atoms with E-state index in [4.69, 9.17) is 4.74 Å². The number of hydrogen-bond donors (Lipinski definition) is 1. The van der Waals surface area contributed by atoms with Crippen LogP contribution in [0.2, 0.25) is 0 Å². The molecule has 1 N–H and O–H groups in total. The first-order valence-corrected chi connectivity index (χ1v) is 6.85. The van der Waals surface area contributed by atoms with E-state index in [1.54, 1.807) is 0 Å². The van der Waals surface area contributed by atoms with Crippen molar-refractivity contribution in [2.45, 2.75) is 58.7 Å². The van der Waals surface area contributed by atoms with Crippen molar-refractivity contribution in [2.24, 2.45) is 0 Å². The van der Waals surface area contributed by atoms with Gasteiger partial charge in [0, 0.05) is 19.8 Å². The summed E-state index contributed by atoms with van der Waals surface area (Å²) in [6, 6.07) is -0.0269. The topological polar surface area (TPSA) is 41.6 Å². The van der Waals surface area contributed by atoms with Crippen molar-refractivity contribution in [2.75, 3.05) is 19.8 Å². The molecule has 0 spiro atoms. The highest BCUT2D eigenvalue weighted by Crippen LogP contribution is 2.13. The summed E-state index contributed by atoms with van der Waals surface area (Å²) in [7, 11) is 0. The number of rotatable bonds is 8. The second kappa shape index (κ2) is 7.67. The van der Waals surface area contributed by atoms with Crippen LogP contribution in [-0.4, -0.2) is 42.8 Å². The normalized spacial score (nSPS) is 24.6. The lowest BCUT2D eigenvalue weighted by Gasteiger charge is -2.22. The minimum absolute atomic E-state index is 0.0269. The minimum Gasteiger partial charge on any atom is -0.381 e. The number of hydrogen-bond acceptors (Lipinski definition) is 3. The van der Waals surface area contributed by atoms with Crippen LogP contribution in [0.15, 0.2) is 0 Å². The zero-order chi connectivity index (χ0) is 12.7. The van der Waals surface area contributed by atoms with Gasteiger partial charge in [-0.3, -0.25) is 10.1 Å². The number of unbranched alkanes of at least 4 members (excludes halogenated alkanes) is 1. The highest BCUT2D eigenvalue weighted by Gasteiger charge is 2.34. The van der Waals surface area contributed by atoms with Gasteiger partial charge in [-0.15, -0.1) is 0 Å². The summed E-state index contributed by atoms with van der Waals surface area (Å²) in [6.07, 6.45) is 4.41. The number of carbonyl (C=O) groups is 1. The van der Waals surface area contributed by atoms with Crippen molar-refractivity contribution in [3.63, 3.8) is 0 Å². The number of ether oxygens (including phenoxy) is 1. The lowest BCUT2D eigenvalue weighted by Crippen LogP contribution is -2.37. The van der Waals surface area contributed by atoms with Gasteiger partial charge in [-0.05, 0) is 26.2 Å². The van der Waals surface area contributed by atoms with Crippen LogP contribution in [0.5, 0.6) is 0 Å². The molecule has 1 rings (SSSR count). The summed E-state index contributed by atoms with van der Waals surface area (Å²) in [5.74, 6) is 0.227. The molecule has 1 amide bonds. The van der Waals surface area contributed by atoms with Crippen LogP contribution in [-0.2, 0) is 9.53 Å². The van der Waals surface area contributed by atoms with E-state index in [-0.39, 0.29) is 18.1 Å². The van der Waals surface area contributed by atoms with Gasteiger partial charge >= 0.3 is 0 Å². The van der Waals surface area contributed by atoms with E-state index < -0.39 is 0 Å². The molecule has 1 saturated heterocycles. The average molecular weight is 242 g/mol. The monoisotopic (exact) mass is 242 g/mol. The molecule has 2 unspecified atom stereocenters. The Hall–Kier alpha value is -0.610. The van der Waals surface area contributed by atoms with Gasteiger partial charge in [0.1, 0.15) is 0 Å². The van der Waals surface area contributed by atoms with Crippen molar-refractivity contribution in [1.29, 1.82) is 0 Å². The Kier molecular flexibility index (Phi) is 6.52. The van der Waals surface area contributed by atoms with Crippen LogP contribution in [0.25, 0.3) is 0 Å². The van der Waals surface area contributed by atoms with E-state index in [9.17, 15) is 4.79 Å². The second-order valence-corrected chi connectivity index (χ2v) is 4.66. The molecule has 4 nitrogen and oxygen atoms in total. The third-order valence-corrected chi connectivity index (χ3v) is 3.19. The SMILES string of the molecule is CCCCOCCCN1C(=O)C(C)NC1CC. The Bertz CT molecular complexity index is 233. The molecule has 0 aromatic heterocycles. The maximum Gasteiger partial charge on any atom is 0.240 e. The van der Waals surface area contributed by atoms with Gasteiger partial charge in [0.15, 0.2) is 0 Å². The number of nitrogens with zero attached hydrogens (tertiary/aromatic N) is 1. The van der Waals surface area contributed by atoms with Gasteiger partial charge < -0.3 is 9.64 Å². The first-order chi connectivity index (χ1) is 8.20. The van der Waals surface area contributed by atoms with Crippen LogP contribution in [0, 0.1) is 0 Å². The molecule has 1 heterocycles.